The van der Waals surface area contributed by atoms with Crippen molar-refractivity contribution >= 4 is 23.0 Å². The zero-order chi connectivity index (χ0) is 15.5. The summed E-state index contributed by atoms with van der Waals surface area (Å²) < 4.78 is 12.9. The maximum Gasteiger partial charge on any atom is 0.253 e. The lowest BCUT2D eigenvalue weighted by Gasteiger charge is -2.31. The Morgan fingerprint density at radius 1 is 1.18 bits per heavy atom. The number of nitrogens with zero attached hydrogens (tertiary/aromatic N) is 2. The SMILES string of the molecule is O=C(c1nccs1)C1CCN(C(=O)c2ccc(F)cc2)CC1. The molecular weight excluding hydrogens is 303 g/mol. The Morgan fingerprint density at radius 2 is 1.86 bits per heavy atom. The minimum atomic E-state index is -0.357. The van der Waals surface area contributed by atoms with Gasteiger partial charge in [0.1, 0.15) is 5.82 Å². The van der Waals surface area contributed by atoms with Crippen LogP contribution in [0.25, 0.3) is 0 Å². The highest BCUT2D eigenvalue weighted by atomic mass is 32.1. The van der Waals surface area contributed by atoms with E-state index in [1.54, 1.807) is 16.5 Å². The van der Waals surface area contributed by atoms with E-state index >= 15 is 0 Å². The van der Waals surface area contributed by atoms with E-state index in [0.717, 1.165) is 0 Å². The van der Waals surface area contributed by atoms with Crippen molar-refractivity contribution in [3.05, 3.63) is 52.2 Å². The van der Waals surface area contributed by atoms with Gasteiger partial charge in [0.15, 0.2) is 10.8 Å². The van der Waals surface area contributed by atoms with E-state index in [-0.39, 0.29) is 23.4 Å². The average Bonchev–Trinajstić information content (AvgIpc) is 3.09. The minimum Gasteiger partial charge on any atom is -0.339 e. The van der Waals surface area contributed by atoms with Crippen molar-refractivity contribution in [3.63, 3.8) is 0 Å². The van der Waals surface area contributed by atoms with Gasteiger partial charge in [-0.25, -0.2) is 9.37 Å². The number of carbonyl (C=O) groups excluding carboxylic acids is 2. The first kappa shape index (κ1) is 14.8. The molecule has 0 N–H and O–H groups in total. The number of aromatic nitrogens is 1. The molecule has 1 aliphatic heterocycles. The molecule has 1 fully saturated rings. The van der Waals surface area contributed by atoms with Crippen LogP contribution in [0.2, 0.25) is 0 Å². The highest BCUT2D eigenvalue weighted by molar-refractivity contribution is 7.11. The van der Waals surface area contributed by atoms with E-state index in [1.165, 1.54) is 35.6 Å². The fourth-order valence-electron chi connectivity index (χ4n) is 2.64. The van der Waals surface area contributed by atoms with Gasteiger partial charge in [0.05, 0.1) is 0 Å². The number of piperidine rings is 1. The topological polar surface area (TPSA) is 50.3 Å². The zero-order valence-corrected chi connectivity index (χ0v) is 12.7. The molecule has 22 heavy (non-hydrogen) atoms. The fraction of sp³-hybridized carbons (Fsp3) is 0.312. The molecule has 3 rings (SSSR count). The molecule has 1 aliphatic rings. The predicted octanol–water partition coefficient (Wildman–Crippen LogP) is 3.02. The van der Waals surface area contributed by atoms with E-state index in [0.29, 0.717) is 36.5 Å². The van der Waals surface area contributed by atoms with Crippen LogP contribution in [0.1, 0.15) is 33.0 Å². The van der Waals surface area contributed by atoms with Crippen LogP contribution in [-0.2, 0) is 0 Å². The normalized spacial score (nSPS) is 15.8. The molecule has 0 bridgehead atoms. The summed E-state index contributed by atoms with van der Waals surface area (Å²) in [6, 6.07) is 5.55. The van der Waals surface area contributed by atoms with Crippen LogP contribution in [0, 0.1) is 11.7 Å². The highest BCUT2D eigenvalue weighted by Gasteiger charge is 2.29. The fourth-order valence-corrected chi connectivity index (χ4v) is 3.29. The van der Waals surface area contributed by atoms with Crippen molar-refractivity contribution < 1.29 is 14.0 Å². The molecule has 4 nitrogen and oxygen atoms in total. The van der Waals surface area contributed by atoms with E-state index in [4.69, 9.17) is 0 Å². The van der Waals surface area contributed by atoms with Crippen molar-refractivity contribution in [2.45, 2.75) is 12.8 Å². The van der Waals surface area contributed by atoms with Gasteiger partial charge >= 0.3 is 0 Å². The molecule has 1 amide bonds. The van der Waals surface area contributed by atoms with Crippen LogP contribution in [0.15, 0.2) is 35.8 Å². The van der Waals surface area contributed by atoms with Crippen LogP contribution in [0.3, 0.4) is 0 Å². The minimum absolute atomic E-state index is 0.0663. The maximum absolute atomic E-state index is 12.9. The molecule has 2 aromatic rings. The summed E-state index contributed by atoms with van der Waals surface area (Å²) in [5.41, 5.74) is 0.478. The Morgan fingerprint density at radius 3 is 2.45 bits per heavy atom. The molecule has 6 heteroatoms. The number of ketones is 1. The summed E-state index contributed by atoms with van der Waals surface area (Å²) in [4.78, 5) is 30.3. The predicted molar refractivity (Wildman–Crippen MR) is 81.5 cm³/mol. The molecule has 114 valence electrons. The van der Waals surface area contributed by atoms with Gasteiger partial charge in [-0.2, -0.15) is 0 Å². The lowest BCUT2D eigenvalue weighted by Crippen LogP contribution is -2.40. The Hall–Kier alpha value is -2.08. The molecule has 1 aromatic carbocycles. The number of rotatable bonds is 3. The summed E-state index contributed by atoms with van der Waals surface area (Å²) in [6.07, 6.45) is 2.92. The molecule has 0 radical (unpaired) electrons. The second-order valence-electron chi connectivity index (χ2n) is 5.27. The van der Waals surface area contributed by atoms with E-state index in [1.807, 2.05) is 0 Å². The number of thiazole rings is 1. The van der Waals surface area contributed by atoms with Gasteiger partial charge in [-0.1, -0.05) is 0 Å². The first-order valence-corrected chi connectivity index (χ1v) is 8.01. The van der Waals surface area contributed by atoms with Crippen molar-refractivity contribution in [2.24, 2.45) is 5.92 Å². The first-order chi connectivity index (χ1) is 10.6. The van der Waals surface area contributed by atoms with Crippen molar-refractivity contribution in [1.29, 1.82) is 0 Å². The number of hydrogen-bond donors (Lipinski definition) is 0. The number of amides is 1. The van der Waals surface area contributed by atoms with Crippen molar-refractivity contribution in [1.82, 2.24) is 9.88 Å². The first-order valence-electron chi connectivity index (χ1n) is 7.13. The maximum atomic E-state index is 12.9. The van der Waals surface area contributed by atoms with Gasteiger partial charge in [0.2, 0.25) is 0 Å². The molecule has 2 heterocycles. The van der Waals surface area contributed by atoms with Gasteiger partial charge in [-0.05, 0) is 37.1 Å². The van der Waals surface area contributed by atoms with Gasteiger partial charge in [0.25, 0.3) is 5.91 Å². The van der Waals surface area contributed by atoms with Crippen LogP contribution in [0.4, 0.5) is 4.39 Å². The van der Waals surface area contributed by atoms with Crippen LogP contribution in [0.5, 0.6) is 0 Å². The molecule has 1 aromatic heterocycles. The van der Waals surface area contributed by atoms with Crippen LogP contribution >= 0.6 is 11.3 Å². The van der Waals surface area contributed by atoms with Crippen molar-refractivity contribution in [3.8, 4) is 0 Å². The third kappa shape index (κ3) is 3.06. The third-order valence-electron chi connectivity index (χ3n) is 3.89. The number of carbonyl (C=O) groups is 2. The van der Waals surface area contributed by atoms with Crippen LogP contribution < -0.4 is 0 Å². The lowest BCUT2D eigenvalue weighted by atomic mass is 9.92. The average molecular weight is 318 g/mol. The summed E-state index contributed by atoms with van der Waals surface area (Å²) in [6.45, 7) is 1.08. The highest BCUT2D eigenvalue weighted by Crippen LogP contribution is 2.23. The van der Waals surface area contributed by atoms with E-state index in [9.17, 15) is 14.0 Å². The Balaban J connectivity index is 1.60. The van der Waals surface area contributed by atoms with Crippen molar-refractivity contribution in [2.75, 3.05) is 13.1 Å². The number of halogens is 1. The Labute approximate surface area is 131 Å². The molecule has 0 atom stereocenters. The Kier molecular flexibility index (Phi) is 4.29. The van der Waals surface area contributed by atoms with E-state index < -0.39 is 0 Å². The van der Waals surface area contributed by atoms with Crippen LogP contribution in [-0.4, -0.2) is 34.7 Å². The molecule has 0 spiro atoms. The lowest BCUT2D eigenvalue weighted by molar-refractivity contribution is 0.0650. The quantitative estimate of drug-likeness (QED) is 0.817. The van der Waals surface area contributed by atoms with Gasteiger partial charge in [-0.3, -0.25) is 9.59 Å². The molecule has 0 saturated carbocycles. The second kappa shape index (κ2) is 6.36. The third-order valence-corrected chi connectivity index (χ3v) is 4.67. The molecular formula is C16H15FN2O2S. The summed E-state index contributed by atoms with van der Waals surface area (Å²) in [5.74, 6) is -0.461. The number of hydrogen-bond acceptors (Lipinski definition) is 4. The zero-order valence-electron chi connectivity index (χ0n) is 11.9. The Bertz CT molecular complexity index is 662. The van der Waals surface area contributed by atoms with Gasteiger partial charge in [-0.15, -0.1) is 11.3 Å². The monoisotopic (exact) mass is 318 g/mol. The summed E-state index contributed by atoms with van der Waals surface area (Å²) in [5, 5.41) is 2.34. The van der Waals surface area contributed by atoms with E-state index in [2.05, 4.69) is 4.98 Å². The molecule has 0 unspecified atom stereocenters. The molecule has 0 aliphatic carbocycles. The summed E-state index contributed by atoms with van der Waals surface area (Å²) in [7, 11) is 0. The summed E-state index contributed by atoms with van der Waals surface area (Å²) >= 11 is 1.35. The standard InChI is InChI=1S/C16H15FN2O2S/c17-13-3-1-12(2-4-13)16(21)19-8-5-11(6-9-19)14(20)15-18-7-10-22-15/h1-4,7,10-11H,5-6,8-9H2. The molecule has 1 saturated heterocycles. The number of likely N-dealkylation sites (tertiary alicyclic amines) is 1. The van der Waals surface area contributed by atoms with Gasteiger partial charge in [0, 0.05) is 36.1 Å². The van der Waals surface area contributed by atoms with Gasteiger partial charge < -0.3 is 4.90 Å². The number of benzene rings is 1. The second-order valence-corrected chi connectivity index (χ2v) is 6.17. The smallest absolute Gasteiger partial charge is 0.253 e. The number of Topliss-reactive ketones (excluding diaryl/α,β-unsaturated/α-hetero) is 1. The largest absolute Gasteiger partial charge is 0.339 e.